The van der Waals surface area contributed by atoms with Crippen molar-refractivity contribution in [3.63, 3.8) is 0 Å². The van der Waals surface area contributed by atoms with Gasteiger partial charge < -0.3 is 4.98 Å². The van der Waals surface area contributed by atoms with E-state index in [0.717, 1.165) is 28.9 Å². The van der Waals surface area contributed by atoms with Gasteiger partial charge in [-0.3, -0.25) is 0 Å². The van der Waals surface area contributed by atoms with Crippen LogP contribution in [0.2, 0.25) is 0 Å². The summed E-state index contributed by atoms with van der Waals surface area (Å²) in [5.74, 6) is 0.909. The number of thioether (sulfide) groups is 1. The van der Waals surface area contributed by atoms with Gasteiger partial charge in [-0.2, -0.15) is 0 Å². The quantitative estimate of drug-likeness (QED) is 0.600. The first-order valence-electron chi connectivity index (χ1n) is 8.56. The van der Waals surface area contributed by atoms with Crippen molar-refractivity contribution in [1.82, 2.24) is 4.98 Å². The average Bonchev–Trinajstić information content (AvgIpc) is 2.99. The van der Waals surface area contributed by atoms with Crippen molar-refractivity contribution in [1.29, 1.82) is 0 Å². The van der Waals surface area contributed by atoms with Crippen LogP contribution in [0.1, 0.15) is 22.3 Å². The van der Waals surface area contributed by atoms with Crippen molar-refractivity contribution in [2.24, 2.45) is 0 Å². The van der Waals surface area contributed by atoms with Crippen LogP contribution in [0.25, 0.3) is 0 Å². The summed E-state index contributed by atoms with van der Waals surface area (Å²) < 4.78 is 25.7. The first-order chi connectivity index (χ1) is 12.4. The zero-order chi connectivity index (χ0) is 18.7. The van der Waals surface area contributed by atoms with E-state index in [-0.39, 0.29) is 0 Å². The summed E-state index contributed by atoms with van der Waals surface area (Å²) in [6.45, 7) is 5.90. The number of H-pyrrole nitrogens is 1. The van der Waals surface area contributed by atoms with Crippen molar-refractivity contribution >= 4 is 21.6 Å². The first kappa shape index (κ1) is 18.8. The summed E-state index contributed by atoms with van der Waals surface area (Å²) in [6, 6.07) is 15.4. The molecule has 0 atom stereocenters. The third-order valence-electron chi connectivity index (χ3n) is 4.46. The molecule has 0 saturated heterocycles. The highest BCUT2D eigenvalue weighted by Gasteiger charge is 2.22. The minimum Gasteiger partial charge on any atom is -0.352 e. The van der Waals surface area contributed by atoms with E-state index < -0.39 is 9.84 Å². The molecule has 3 rings (SSSR count). The molecule has 0 radical (unpaired) electrons. The molecule has 0 bridgehead atoms. The predicted molar refractivity (Wildman–Crippen MR) is 108 cm³/mol. The van der Waals surface area contributed by atoms with Gasteiger partial charge in [-0.15, -0.1) is 11.8 Å². The lowest BCUT2D eigenvalue weighted by Crippen LogP contribution is -2.04. The van der Waals surface area contributed by atoms with E-state index in [1.807, 2.05) is 32.2 Å². The molecule has 0 fully saturated rings. The van der Waals surface area contributed by atoms with E-state index >= 15 is 0 Å². The molecule has 0 aliphatic rings. The molecule has 1 heterocycles. The highest BCUT2D eigenvalue weighted by molar-refractivity contribution is 7.99. The molecule has 3 nitrogen and oxygen atoms in total. The van der Waals surface area contributed by atoms with E-state index in [1.165, 1.54) is 10.5 Å². The van der Waals surface area contributed by atoms with Crippen LogP contribution in [0.4, 0.5) is 0 Å². The monoisotopic (exact) mass is 385 g/mol. The van der Waals surface area contributed by atoms with Crippen molar-refractivity contribution in [3.05, 3.63) is 77.0 Å². The van der Waals surface area contributed by atoms with Gasteiger partial charge in [0.05, 0.1) is 4.90 Å². The summed E-state index contributed by atoms with van der Waals surface area (Å²) in [7, 11) is -3.51. The Morgan fingerprint density at radius 3 is 2.08 bits per heavy atom. The maximum Gasteiger partial charge on any atom is 0.222 e. The lowest BCUT2D eigenvalue weighted by atomic mass is 10.2. The largest absolute Gasteiger partial charge is 0.352 e. The van der Waals surface area contributed by atoms with Gasteiger partial charge in [0.2, 0.25) is 9.84 Å². The predicted octanol–water partition coefficient (Wildman–Crippen LogP) is 5.11. The first-order valence-corrected chi connectivity index (χ1v) is 11.0. The van der Waals surface area contributed by atoms with Crippen molar-refractivity contribution in [2.75, 3.05) is 5.75 Å². The molecular weight excluding hydrogens is 362 g/mol. The fourth-order valence-corrected chi connectivity index (χ4v) is 5.17. The lowest BCUT2D eigenvalue weighted by Gasteiger charge is -2.06. The van der Waals surface area contributed by atoms with Gasteiger partial charge in [0, 0.05) is 16.8 Å². The Bertz CT molecular complexity index is 985. The van der Waals surface area contributed by atoms with E-state index in [4.69, 9.17) is 0 Å². The van der Waals surface area contributed by atoms with Crippen LogP contribution in [-0.4, -0.2) is 19.2 Å². The number of aromatic nitrogens is 1. The fourth-order valence-electron chi connectivity index (χ4n) is 2.80. The topological polar surface area (TPSA) is 49.9 Å². The van der Waals surface area contributed by atoms with Gasteiger partial charge in [-0.05, 0) is 62.6 Å². The minimum atomic E-state index is -3.51. The highest BCUT2D eigenvalue weighted by atomic mass is 32.2. The van der Waals surface area contributed by atoms with Crippen LogP contribution in [-0.2, 0) is 16.3 Å². The Kier molecular flexibility index (Phi) is 5.58. The molecule has 26 heavy (non-hydrogen) atoms. The smallest absolute Gasteiger partial charge is 0.222 e. The van der Waals surface area contributed by atoms with Gasteiger partial charge >= 0.3 is 0 Å². The second-order valence-corrected chi connectivity index (χ2v) is 9.55. The Morgan fingerprint density at radius 2 is 1.46 bits per heavy atom. The van der Waals surface area contributed by atoms with Crippen molar-refractivity contribution in [3.8, 4) is 0 Å². The Balaban J connectivity index is 1.73. The molecule has 0 unspecified atom stereocenters. The number of nitrogens with one attached hydrogen (secondary N) is 1. The van der Waals surface area contributed by atoms with E-state index in [2.05, 4.69) is 36.2 Å². The molecule has 2 aromatic carbocycles. The third kappa shape index (κ3) is 4.05. The summed E-state index contributed by atoms with van der Waals surface area (Å²) in [4.78, 5) is 4.55. The zero-order valence-corrected chi connectivity index (χ0v) is 16.9. The van der Waals surface area contributed by atoms with Gasteiger partial charge in [-0.25, -0.2) is 8.42 Å². The second kappa shape index (κ2) is 7.72. The Hall–Kier alpha value is -1.98. The van der Waals surface area contributed by atoms with Crippen molar-refractivity contribution in [2.45, 2.75) is 42.0 Å². The fraction of sp³-hybridized carbons (Fsp3) is 0.238. The number of hydrogen-bond acceptors (Lipinski definition) is 3. The lowest BCUT2D eigenvalue weighted by molar-refractivity contribution is 0.592. The molecule has 5 heteroatoms. The Labute approximate surface area is 159 Å². The standard InChI is InChI=1S/C21H23NO2S2/c1-15-4-8-19(9-5-15)25-13-12-18-14-22-21(17(18)3)26(23,24)20-10-6-16(2)7-11-20/h4-11,14,22H,12-13H2,1-3H3. The molecule has 0 amide bonds. The normalized spacial score (nSPS) is 11.7. The molecule has 3 aromatic rings. The van der Waals surface area contributed by atoms with Gasteiger partial charge in [0.1, 0.15) is 5.03 Å². The van der Waals surface area contributed by atoms with Gasteiger partial charge in [-0.1, -0.05) is 35.4 Å². The van der Waals surface area contributed by atoms with Crippen LogP contribution in [0.15, 0.2) is 69.5 Å². The maximum atomic E-state index is 12.9. The van der Waals surface area contributed by atoms with Gasteiger partial charge in [0.25, 0.3) is 0 Å². The second-order valence-electron chi connectivity index (χ2n) is 6.50. The van der Waals surface area contributed by atoms with Crippen LogP contribution in [0.3, 0.4) is 0 Å². The maximum absolute atomic E-state index is 12.9. The zero-order valence-electron chi connectivity index (χ0n) is 15.2. The number of hydrogen-bond donors (Lipinski definition) is 1. The molecule has 0 spiro atoms. The Morgan fingerprint density at radius 1 is 0.885 bits per heavy atom. The molecular formula is C21H23NO2S2. The highest BCUT2D eigenvalue weighted by Crippen LogP contribution is 2.27. The van der Waals surface area contributed by atoms with Crippen LogP contribution >= 0.6 is 11.8 Å². The summed E-state index contributed by atoms with van der Waals surface area (Å²) in [6.07, 6.45) is 2.65. The van der Waals surface area contributed by atoms with Crippen LogP contribution in [0.5, 0.6) is 0 Å². The SMILES string of the molecule is Cc1ccc(SCCc2c[nH]c(S(=O)(=O)c3ccc(C)cc3)c2C)cc1. The number of benzene rings is 2. The number of rotatable bonds is 6. The summed E-state index contributed by atoms with van der Waals surface area (Å²) >= 11 is 1.78. The van der Waals surface area contributed by atoms with Gasteiger partial charge in [0.15, 0.2) is 0 Å². The number of aryl methyl sites for hydroxylation is 3. The molecule has 0 saturated carbocycles. The molecule has 136 valence electrons. The molecule has 1 N–H and O–H groups in total. The molecule has 1 aromatic heterocycles. The number of sulfone groups is 1. The van der Waals surface area contributed by atoms with E-state index in [0.29, 0.717) is 9.92 Å². The minimum absolute atomic E-state index is 0.302. The van der Waals surface area contributed by atoms with E-state index in [9.17, 15) is 8.42 Å². The molecule has 0 aliphatic heterocycles. The average molecular weight is 386 g/mol. The molecule has 0 aliphatic carbocycles. The summed E-state index contributed by atoms with van der Waals surface area (Å²) in [5.41, 5.74) is 4.16. The van der Waals surface area contributed by atoms with Crippen molar-refractivity contribution < 1.29 is 8.42 Å². The van der Waals surface area contributed by atoms with Crippen LogP contribution < -0.4 is 0 Å². The number of aromatic amines is 1. The third-order valence-corrected chi connectivity index (χ3v) is 7.33. The summed E-state index contributed by atoms with van der Waals surface area (Å²) in [5, 5.41) is 0.302. The van der Waals surface area contributed by atoms with E-state index in [1.54, 1.807) is 23.9 Å². The van der Waals surface area contributed by atoms with Crippen LogP contribution in [0, 0.1) is 20.8 Å².